The van der Waals surface area contributed by atoms with Crippen LogP contribution < -0.4 is 11.1 Å². The van der Waals surface area contributed by atoms with Gasteiger partial charge in [0.15, 0.2) is 0 Å². The van der Waals surface area contributed by atoms with Gasteiger partial charge in [0.05, 0.1) is 0 Å². The minimum Gasteiger partial charge on any atom is -0.383 e. The largest absolute Gasteiger partial charge is 0.383 e. The van der Waals surface area contributed by atoms with Gasteiger partial charge in [-0.05, 0) is 46.6 Å². The summed E-state index contributed by atoms with van der Waals surface area (Å²) in [5.74, 6) is -0.981. The number of aliphatic hydroxyl groups excluding tert-OH is 1. The summed E-state index contributed by atoms with van der Waals surface area (Å²) in [6, 6.07) is 6.74. The Morgan fingerprint density at radius 2 is 1.95 bits per heavy atom. The van der Waals surface area contributed by atoms with Gasteiger partial charge in [0.2, 0.25) is 11.8 Å². The van der Waals surface area contributed by atoms with E-state index in [4.69, 9.17) is 5.73 Å². The van der Waals surface area contributed by atoms with Crippen LogP contribution in [0, 0.1) is 9.49 Å². The molecule has 0 unspecified atom stereocenters. The number of hydrogen-bond donors (Lipinski definition) is 3. The number of amides is 2. The molecule has 0 aliphatic rings. The predicted octanol–water partition coefficient (Wildman–Crippen LogP) is 1.21. The Kier molecular flexibility index (Phi) is 7.10. The van der Waals surface area contributed by atoms with Crippen LogP contribution in [-0.2, 0) is 16.0 Å². The number of carbonyl (C=O) groups excluding carboxylic acids is 2. The van der Waals surface area contributed by atoms with E-state index in [1.165, 1.54) is 0 Å². The van der Waals surface area contributed by atoms with E-state index in [1.807, 2.05) is 38.1 Å². The SMILES string of the molecule is CC(C)C[C@@H](O)C(=O)N[C@@H](Cc1ccccc1I)C(N)=O. The highest BCUT2D eigenvalue weighted by atomic mass is 127. The number of hydrogen-bond acceptors (Lipinski definition) is 3. The van der Waals surface area contributed by atoms with E-state index in [1.54, 1.807) is 0 Å². The molecule has 0 saturated carbocycles. The molecule has 0 fully saturated rings. The molecule has 2 atom stereocenters. The van der Waals surface area contributed by atoms with Crippen molar-refractivity contribution in [3.05, 3.63) is 33.4 Å². The lowest BCUT2D eigenvalue weighted by molar-refractivity contribution is -0.133. The Bertz CT molecular complexity index is 505. The predicted molar refractivity (Wildman–Crippen MR) is 89.4 cm³/mol. The van der Waals surface area contributed by atoms with E-state index in [0.29, 0.717) is 12.8 Å². The third-order valence-electron chi connectivity index (χ3n) is 3.04. The van der Waals surface area contributed by atoms with E-state index < -0.39 is 24.0 Å². The first-order chi connectivity index (χ1) is 9.81. The molecule has 0 spiro atoms. The normalized spacial score (nSPS) is 13.8. The van der Waals surface area contributed by atoms with Crippen LogP contribution in [0.2, 0.25) is 0 Å². The molecule has 0 heterocycles. The number of primary amides is 1. The fraction of sp³-hybridized carbons (Fsp3) is 0.467. The lowest BCUT2D eigenvalue weighted by Crippen LogP contribution is -2.49. The highest BCUT2D eigenvalue weighted by Crippen LogP contribution is 2.14. The number of benzene rings is 1. The van der Waals surface area contributed by atoms with Crippen molar-refractivity contribution in [3.63, 3.8) is 0 Å². The molecular formula is C15H21IN2O3. The summed E-state index contributed by atoms with van der Waals surface area (Å²) in [7, 11) is 0. The third-order valence-corrected chi connectivity index (χ3v) is 4.09. The van der Waals surface area contributed by atoms with Crippen LogP contribution in [0.25, 0.3) is 0 Å². The van der Waals surface area contributed by atoms with Crippen molar-refractivity contribution in [2.45, 2.75) is 38.8 Å². The Labute approximate surface area is 138 Å². The number of aliphatic hydroxyl groups is 1. The highest BCUT2D eigenvalue weighted by Gasteiger charge is 2.24. The molecule has 0 saturated heterocycles. The van der Waals surface area contributed by atoms with Crippen molar-refractivity contribution in [3.8, 4) is 0 Å². The Hall–Kier alpha value is -1.15. The second kappa shape index (κ2) is 8.33. The van der Waals surface area contributed by atoms with Gasteiger partial charge in [-0.2, -0.15) is 0 Å². The van der Waals surface area contributed by atoms with Gasteiger partial charge in [0.1, 0.15) is 12.1 Å². The van der Waals surface area contributed by atoms with Gasteiger partial charge in [0.25, 0.3) is 0 Å². The fourth-order valence-corrected chi connectivity index (χ4v) is 2.54. The standard InChI is InChI=1S/C15H21IN2O3/c1-9(2)7-13(19)15(21)18-12(14(17)20)8-10-5-3-4-6-11(10)16/h3-6,9,12-13,19H,7-8H2,1-2H3,(H2,17,20)(H,18,21)/t12-,13+/m0/s1. The quantitative estimate of drug-likeness (QED) is 0.597. The summed E-state index contributed by atoms with van der Waals surface area (Å²) in [5.41, 5.74) is 6.28. The van der Waals surface area contributed by atoms with E-state index >= 15 is 0 Å². The van der Waals surface area contributed by atoms with Gasteiger partial charge in [-0.1, -0.05) is 32.0 Å². The summed E-state index contributed by atoms with van der Waals surface area (Å²) in [5, 5.41) is 12.3. The van der Waals surface area contributed by atoms with Crippen molar-refractivity contribution >= 4 is 34.4 Å². The van der Waals surface area contributed by atoms with Gasteiger partial charge in [0, 0.05) is 9.99 Å². The number of halogens is 1. The van der Waals surface area contributed by atoms with Gasteiger partial charge in [-0.3, -0.25) is 9.59 Å². The van der Waals surface area contributed by atoms with E-state index in [-0.39, 0.29) is 5.92 Å². The molecule has 0 radical (unpaired) electrons. The van der Waals surface area contributed by atoms with Crippen molar-refractivity contribution < 1.29 is 14.7 Å². The molecule has 2 amide bonds. The number of rotatable bonds is 7. The number of carbonyl (C=O) groups is 2. The molecular weight excluding hydrogens is 383 g/mol. The third kappa shape index (κ3) is 6.01. The Morgan fingerprint density at radius 1 is 1.33 bits per heavy atom. The number of nitrogens with two attached hydrogens (primary N) is 1. The molecule has 0 aliphatic heterocycles. The molecule has 1 aromatic carbocycles. The molecule has 0 aliphatic carbocycles. The minimum absolute atomic E-state index is 0.188. The van der Waals surface area contributed by atoms with E-state index in [9.17, 15) is 14.7 Å². The highest BCUT2D eigenvalue weighted by molar-refractivity contribution is 14.1. The van der Waals surface area contributed by atoms with Crippen LogP contribution in [0.4, 0.5) is 0 Å². The lowest BCUT2D eigenvalue weighted by atomic mass is 10.0. The molecule has 6 heteroatoms. The van der Waals surface area contributed by atoms with Crippen LogP contribution in [0.5, 0.6) is 0 Å². The van der Waals surface area contributed by atoms with Crippen molar-refractivity contribution in [1.82, 2.24) is 5.32 Å². The summed E-state index contributed by atoms with van der Waals surface area (Å²) < 4.78 is 0.998. The number of nitrogens with one attached hydrogen (secondary N) is 1. The van der Waals surface area contributed by atoms with Crippen LogP contribution in [-0.4, -0.2) is 29.1 Å². The molecule has 21 heavy (non-hydrogen) atoms. The summed E-state index contributed by atoms with van der Waals surface area (Å²) in [6.45, 7) is 3.82. The second-order valence-electron chi connectivity index (χ2n) is 5.40. The Balaban J connectivity index is 2.73. The van der Waals surface area contributed by atoms with Gasteiger partial charge >= 0.3 is 0 Å². The zero-order chi connectivity index (χ0) is 16.0. The zero-order valence-corrected chi connectivity index (χ0v) is 14.3. The first kappa shape index (κ1) is 17.9. The topological polar surface area (TPSA) is 92.4 Å². The van der Waals surface area contributed by atoms with Crippen LogP contribution in [0.15, 0.2) is 24.3 Å². The van der Waals surface area contributed by atoms with E-state index in [0.717, 1.165) is 9.13 Å². The van der Waals surface area contributed by atoms with Gasteiger partial charge < -0.3 is 16.2 Å². The smallest absolute Gasteiger partial charge is 0.249 e. The summed E-state index contributed by atoms with van der Waals surface area (Å²) in [4.78, 5) is 23.4. The fourth-order valence-electron chi connectivity index (χ4n) is 1.93. The lowest BCUT2D eigenvalue weighted by Gasteiger charge is -2.19. The van der Waals surface area contributed by atoms with Crippen LogP contribution >= 0.6 is 22.6 Å². The summed E-state index contributed by atoms with van der Waals surface area (Å²) >= 11 is 2.17. The molecule has 116 valence electrons. The van der Waals surface area contributed by atoms with Crippen molar-refractivity contribution in [1.29, 1.82) is 0 Å². The monoisotopic (exact) mass is 404 g/mol. The molecule has 0 aromatic heterocycles. The zero-order valence-electron chi connectivity index (χ0n) is 12.2. The molecule has 1 rings (SSSR count). The average molecular weight is 404 g/mol. The Morgan fingerprint density at radius 3 is 2.48 bits per heavy atom. The maximum Gasteiger partial charge on any atom is 0.249 e. The van der Waals surface area contributed by atoms with Crippen LogP contribution in [0.1, 0.15) is 25.8 Å². The van der Waals surface area contributed by atoms with Crippen LogP contribution in [0.3, 0.4) is 0 Å². The average Bonchev–Trinajstić information content (AvgIpc) is 2.39. The molecule has 5 nitrogen and oxygen atoms in total. The molecule has 0 bridgehead atoms. The van der Waals surface area contributed by atoms with Crippen molar-refractivity contribution in [2.24, 2.45) is 11.7 Å². The second-order valence-corrected chi connectivity index (χ2v) is 6.57. The van der Waals surface area contributed by atoms with E-state index in [2.05, 4.69) is 27.9 Å². The maximum atomic E-state index is 11.9. The first-order valence-corrected chi connectivity index (χ1v) is 7.90. The minimum atomic E-state index is -1.12. The molecule has 4 N–H and O–H groups in total. The van der Waals surface area contributed by atoms with Gasteiger partial charge in [-0.25, -0.2) is 0 Å². The summed E-state index contributed by atoms with van der Waals surface area (Å²) in [6.07, 6.45) is -0.462. The maximum absolute atomic E-state index is 11.9. The van der Waals surface area contributed by atoms with Gasteiger partial charge in [-0.15, -0.1) is 0 Å². The first-order valence-electron chi connectivity index (χ1n) is 6.82. The van der Waals surface area contributed by atoms with Crippen molar-refractivity contribution in [2.75, 3.05) is 0 Å². The molecule has 1 aromatic rings.